The first-order valence-electron chi connectivity index (χ1n) is 7.26. The molecule has 4 heteroatoms. The molecule has 0 radical (unpaired) electrons. The number of morpholine rings is 1. The lowest BCUT2D eigenvalue weighted by Gasteiger charge is -2.44. The Hall–Kier alpha value is -0.610. The van der Waals surface area contributed by atoms with Crippen molar-refractivity contribution in [2.45, 2.75) is 38.5 Å². The van der Waals surface area contributed by atoms with Crippen LogP contribution in [0.1, 0.15) is 38.5 Å². The monoisotopic (exact) mass is 253 g/mol. The summed E-state index contributed by atoms with van der Waals surface area (Å²) in [6, 6.07) is 0. The van der Waals surface area contributed by atoms with E-state index in [0.29, 0.717) is 6.73 Å². The number of esters is 1. The standard InChI is InChI=1S/C14H23NO3/c16-13(18-11-15-7-9-17-10-8-15)14-4-1-12(2-5-14)3-6-14/h12H,1-11H2. The van der Waals surface area contributed by atoms with Crippen LogP contribution in [0.25, 0.3) is 0 Å². The van der Waals surface area contributed by atoms with Crippen LogP contribution in [0.2, 0.25) is 0 Å². The van der Waals surface area contributed by atoms with Crippen molar-refractivity contribution in [3.05, 3.63) is 0 Å². The number of nitrogens with zero attached hydrogens (tertiary/aromatic N) is 1. The number of hydrogen-bond acceptors (Lipinski definition) is 4. The van der Waals surface area contributed by atoms with E-state index in [1.54, 1.807) is 0 Å². The molecule has 0 aromatic heterocycles. The molecule has 1 heterocycles. The Morgan fingerprint density at radius 2 is 1.78 bits per heavy atom. The second-order valence-electron chi connectivity index (χ2n) is 6.05. The van der Waals surface area contributed by atoms with Crippen molar-refractivity contribution in [2.24, 2.45) is 11.3 Å². The van der Waals surface area contributed by atoms with Crippen LogP contribution in [-0.2, 0) is 14.3 Å². The molecule has 1 saturated heterocycles. The molecular formula is C14H23NO3. The average Bonchev–Trinajstić information content (AvgIpc) is 2.48. The third-order valence-corrected chi connectivity index (χ3v) is 5.01. The molecule has 4 aliphatic rings. The van der Waals surface area contributed by atoms with E-state index in [1.165, 1.54) is 19.3 Å². The van der Waals surface area contributed by atoms with Gasteiger partial charge in [-0.2, -0.15) is 0 Å². The van der Waals surface area contributed by atoms with E-state index >= 15 is 0 Å². The maximum atomic E-state index is 12.3. The van der Waals surface area contributed by atoms with E-state index in [9.17, 15) is 4.79 Å². The molecule has 4 fully saturated rings. The zero-order valence-corrected chi connectivity index (χ0v) is 11.0. The number of carbonyl (C=O) groups excluding carboxylic acids is 1. The van der Waals surface area contributed by atoms with E-state index < -0.39 is 0 Å². The predicted octanol–water partition coefficient (Wildman–Crippen LogP) is 1.79. The molecule has 2 bridgehead atoms. The second kappa shape index (κ2) is 5.17. The van der Waals surface area contributed by atoms with Gasteiger partial charge in [0.25, 0.3) is 0 Å². The van der Waals surface area contributed by atoms with Crippen LogP contribution in [0.4, 0.5) is 0 Å². The van der Waals surface area contributed by atoms with Crippen molar-refractivity contribution >= 4 is 5.97 Å². The second-order valence-corrected chi connectivity index (χ2v) is 6.05. The number of carbonyl (C=O) groups is 1. The summed E-state index contributed by atoms with van der Waals surface area (Å²) in [7, 11) is 0. The molecule has 4 rings (SSSR count). The highest BCUT2D eigenvalue weighted by molar-refractivity contribution is 5.77. The normalized spacial score (nSPS) is 36.6. The zero-order valence-electron chi connectivity index (χ0n) is 11.0. The maximum Gasteiger partial charge on any atom is 0.313 e. The molecule has 3 saturated carbocycles. The maximum absolute atomic E-state index is 12.3. The van der Waals surface area contributed by atoms with Crippen LogP contribution in [-0.4, -0.2) is 43.9 Å². The van der Waals surface area contributed by atoms with Crippen LogP contribution >= 0.6 is 0 Å². The summed E-state index contributed by atoms with van der Waals surface area (Å²) in [5.74, 6) is 0.950. The number of fused-ring (bicyclic) bond motifs is 3. The van der Waals surface area contributed by atoms with Gasteiger partial charge in [0.2, 0.25) is 0 Å². The highest BCUT2D eigenvalue weighted by atomic mass is 16.5. The molecule has 0 aromatic carbocycles. The SMILES string of the molecule is O=C(OCN1CCOCC1)C12CCC(CC1)CC2. The molecule has 18 heavy (non-hydrogen) atoms. The minimum atomic E-state index is -0.124. The quantitative estimate of drug-likeness (QED) is 0.719. The third kappa shape index (κ3) is 2.41. The van der Waals surface area contributed by atoms with Crippen LogP contribution in [0.3, 0.4) is 0 Å². The summed E-state index contributed by atoms with van der Waals surface area (Å²) in [4.78, 5) is 14.5. The van der Waals surface area contributed by atoms with E-state index in [-0.39, 0.29) is 11.4 Å². The Labute approximate surface area is 109 Å². The summed E-state index contributed by atoms with van der Waals surface area (Å²) in [6.07, 6.45) is 6.85. The van der Waals surface area contributed by atoms with Crippen molar-refractivity contribution in [3.8, 4) is 0 Å². The lowest BCUT2D eigenvalue weighted by atomic mass is 9.61. The van der Waals surface area contributed by atoms with Crippen molar-refractivity contribution < 1.29 is 14.3 Å². The van der Waals surface area contributed by atoms with Gasteiger partial charge in [0.05, 0.1) is 18.6 Å². The Morgan fingerprint density at radius 1 is 1.17 bits per heavy atom. The molecule has 3 aliphatic carbocycles. The average molecular weight is 253 g/mol. The van der Waals surface area contributed by atoms with E-state index in [4.69, 9.17) is 9.47 Å². The smallest absolute Gasteiger partial charge is 0.313 e. The van der Waals surface area contributed by atoms with Crippen LogP contribution in [0.15, 0.2) is 0 Å². The lowest BCUT2D eigenvalue weighted by molar-refractivity contribution is -0.169. The fraction of sp³-hybridized carbons (Fsp3) is 0.929. The van der Waals surface area contributed by atoms with Gasteiger partial charge in [-0.1, -0.05) is 0 Å². The fourth-order valence-corrected chi connectivity index (χ4v) is 3.59. The summed E-state index contributed by atoms with van der Waals surface area (Å²) in [5.41, 5.74) is -0.124. The predicted molar refractivity (Wildman–Crippen MR) is 67.0 cm³/mol. The Morgan fingerprint density at radius 3 is 2.39 bits per heavy atom. The molecule has 0 aromatic rings. The highest BCUT2D eigenvalue weighted by Gasteiger charge is 2.47. The van der Waals surface area contributed by atoms with Crippen molar-refractivity contribution in [3.63, 3.8) is 0 Å². The van der Waals surface area contributed by atoms with Crippen molar-refractivity contribution in [2.75, 3.05) is 33.0 Å². The van der Waals surface area contributed by atoms with Gasteiger partial charge < -0.3 is 9.47 Å². The zero-order chi connectivity index (χ0) is 12.4. The van der Waals surface area contributed by atoms with Gasteiger partial charge >= 0.3 is 5.97 Å². The molecule has 0 unspecified atom stereocenters. The fourth-order valence-electron chi connectivity index (χ4n) is 3.59. The van der Waals surface area contributed by atoms with Gasteiger partial charge in [-0.05, 0) is 44.4 Å². The molecule has 0 spiro atoms. The van der Waals surface area contributed by atoms with Crippen LogP contribution in [0, 0.1) is 11.3 Å². The summed E-state index contributed by atoms with van der Waals surface area (Å²) < 4.78 is 10.9. The molecule has 1 aliphatic heterocycles. The van der Waals surface area contributed by atoms with Crippen molar-refractivity contribution in [1.82, 2.24) is 4.90 Å². The van der Waals surface area contributed by atoms with E-state index in [2.05, 4.69) is 4.90 Å². The Balaban J connectivity index is 1.51. The minimum Gasteiger partial charge on any atom is -0.449 e. The van der Waals surface area contributed by atoms with Crippen LogP contribution in [0.5, 0.6) is 0 Å². The largest absolute Gasteiger partial charge is 0.449 e. The Bertz CT molecular complexity index is 290. The Kier molecular flexibility index (Phi) is 3.57. The van der Waals surface area contributed by atoms with Gasteiger partial charge in [-0.15, -0.1) is 0 Å². The molecule has 4 nitrogen and oxygen atoms in total. The molecule has 0 N–H and O–H groups in total. The third-order valence-electron chi connectivity index (χ3n) is 5.01. The highest BCUT2D eigenvalue weighted by Crippen LogP contribution is 2.50. The van der Waals surface area contributed by atoms with E-state index in [1.807, 2.05) is 0 Å². The van der Waals surface area contributed by atoms with Gasteiger partial charge in [0.1, 0.15) is 6.73 Å². The minimum absolute atomic E-state index is 0.0622. The summed E-state index contributed by atoms with van der Waals surface area (Å²) in [6.45, 7) is 3.72. The number of rotatable bonds is 3. The molecule has 0 amide bonds. The summed E-state index contributed by atoms with van der Waals surface area (Å²) >= 11 is 0. The summed E-state index contributed by atoms with van der Waals surface area (Å²) in [5, 5.41) is 0. The molecule has 102 valence electrons. The first-order chi connectivity index (χ1) is 8.78. The molecular weight excluding hydrogens is 230 g/mol. The first kappa shape index (κ1) is 12.4. The van der Waals surface area contributed by atoms with Gasteiger partial charge in [0.15, 0.2) is 0 Å². The van der Waals surface area contributed by atoms with E-state index in [0.717, 1.165) is 51.5 Å². The number of hydrogen-bond donors (Lipinski definition) is 0. The topological polar surface area (TPSA) is 38.8 Å². The number of ether oxygens (including phenoxy) is 2. The van der Waals surface area contributed by atoms with Gasteiger partial charge in [-0.3, -0.25) is 9.69 Å². The molecule has 0 atom stereocenters. The van der Waals surface area contributed by atoms with Gasteiger partial charge in [-0.25, -0.2) is 0 Å². The van der Waals surface area contributed by atoms with Gasteiger partial charge in [0, 0.05) is 13.1 Å². The first-order valence-corrected chi connectivity index (χ1v) is 7.26. The lowest BCUT2D eigenvalue weighted by Crippen LogP contribution is -2.44. The van der Waals surface area contributed by atoms with Crippen LogP contribution < -0.4 is 0 Å². The van der Waals surface area contributed by atoms with Crippen molar-refractivity contribution in [1.29, 1.82) is 0 Å².